The highest BCUT2D eigenvalue weighted by atomic mass is 32.2. The fraction of sp³-hybridized carbons (Fsp3) is 0.111. The molecule has 2 atom stereocenters. The van der Waals surface area contributed by atoms with E-state index in [1.54, 1.807) is 38.1 Å². The van der Waals surface area contributed by atoms with Crippen molar-refractivity contribution in [3.63, 3.8) is 0 Å². The summed E-state index contributed by atoms with van der Waals surface area (Å²) >= 11 is -3.80. The summed E-state index contributed by atoms with van der Waals surface area (Å²) in [6, 6.07) is 19.1. The molecular weight excluding hydrogens is 901 g/mol. The number of hydrogen-bond donors (Lipinski definition) is 5. The highest BCUT2D eigenvalue weighted by molar-refractivity contribution is 7.86. The number of hydrogen-bond acceptors (Lipinski definition) is 17. The lowest BCUT2D eigenvalue weighted by molar-refractivity contribution is 0.334. The molecule has 0 saturated carbocycles. The molecule has 6 rings (SSSR count). The average molecular weight is 933 g/mol. The zero-order valence-corrected chi connectivity index (χ0v) is 35.7. The van der Waals surface area contributed by atoms with E-state index in [-0.39, 0.29) is 49.2 Å². The van der Waals surface area contributed by atoms with Gasteiger partial charge in [-0.25, -0.2) is 13.5 Å². The van der Waals surface area contributed by atoms with Crippen molar-refractivity contribution in [2.45, 2.75) is 33.4 Å². The van der Waals surface area contributed by atoms with Crippen LogP contribution in [0.2, 0.25) is 0 Å². The Morgan fingerprint density at radius 1 is 0.705 bits per heavy atom. The van der Waals surface area contributed by atoms with Crippen molar-refractivity contribution in [3.8, 4) is 11.5 Å². The molecule has 0 bridgehead atoms. The molecule has 0 saturated heterocycles. The molecule has 0 aliphatic rings. The SMILES string of the molecule is CCS(=O)Oc1ccc(N=Nc2c(C)cc3cc(S(=O)(=O)O)c(N=Nc4ccc(S(=O)ON(C)c5cc(S(=O)(=O)O)cc6cc(S(=O)(=O)O)ccc56)cc4)c(O)c3c2N)cc1. The first-order valence-corrected chi connectivity index (χ1v) is 23.7. The zero-order valence-electron chi connectivity index (χ0n) is 31.6. The smallest absolute Gasteiger partial charge is 0.296 e. The molecule has 0 aliphatic carbocycles. The van der Waals surface area contributed by atoms with Crippen molar-refractivity contribution < 1.29 is 60.9 Å². The predicted molar refractivity (Wildman–Crippen MR) is 225 cm³/mol. The number of fused-ring (bicyclic) bond motifs is 2. The third-order valence-corrected chi connectivity index (χ3v) is 13.0. The van der Waals surface area contributed by atoms with E-state index in [1.807, 2.05) is 0 Å². The van der Waals surface area contributed by atoms with Gasteiger partial charge in [-0.05, 0) is 108 Å². The maximum atomic E-state index is 13.3. The van der Waals surface area contributed by atoms with Gasteiger partial charge in [0.1, 0.15) is 22.0 Å². The summed E-state index contributed by atoms with van der Waals surface area (Å²) in [4.78, 5) is -1.98. The van der Waals surface area contributed by atoms with Crippen LogP contribution in [0.3, 0.4) is 0 Å². The van der Waals surface area contributed by atoms with Gasteiger partial charge in [0.05, 0.1) is 48.6 Å². The molecule has 0 spiro atoms. The number of nitrogens with zero attached hydrogens (tertiary/aromatic N) is 5. The van der Waals surface area contributed by atoms with Crippen LogP contribution in [0.4, 0.5) is 34.1 Å². The molecule has 6 aromatic rings. The van der Waals surface area contributed by atoms with Gasteiger partial charge in [-0.2, -0.15) is 39.8 Å². The summed E-state index contributed by atoms with van der Waals surface area (Å²) in [5.41, 5.74) is 6.57. The number of hydroxylamine groups is 1. The molecule has 0 amide bonds. The molecule has 6 N–H and O–H groups in total. The molecule has 0 aliphatic heterocycles. The first kappa shape index (κ1) is 44.8. The minimum absolute atomic E-state index is 0.0314. The number of aromatic hydroxyl groups is 1. The van der Waals surface area contributed by atoms with E-state index in [0.717, 1.165) is 35.4 Å². The average Bonchev–Trinajstić information content (AvgIpc) is 3.19. The molecular formula is C36H32N6O14S5. The fourth-order valence-electron chi connectivity index (χ4n) is 5.74. The highest BCUT2D eigenvalue weighted by Gasteiger charge is 2.25. The molecule has 2 unspecified atom stereocenters. The lowest BCUT2D eigenvalue weighted by Crippen LogP contribution is -2.20. The van der Waals surface area contributed by atoms with E-state index in [0.29, 0.717) is 22.8 Å². The number of phenols is 1. The van der Waals surface area contributed by atoms with E-state index in [1.165, 1.54) is 43.4 Å². The molecule has 6 aromatic carbocycles. The second-order valence-corrected chi connectivity index (χ2v) is 19.4. The van der Waals surface area contributed by atoms with Crippen molar-refractivity contribution in [2.24, 2.45) is 20.5 Å². The van der Waals surface area contributed by atoms with Crippen LogP contribution in [-0.4, -0.2) is 65.2 Å². The van der Waals surface area contributed by atoms with Crippen molar-refractivity contribution >= 4 is 108 Å². The van der Waals surface area contributed by atoms with Crippen LogP contribution in [0.15, 0.2) is 131 Å². The molecule has 0 radical (unpaired) electrons. The van der Waals surface area contributed by atoms with E-state index >= 15 is 0 Å². The third-order valence-electron chi connectivity index (χ3n) is 8.63. The number of anilines is 2. The van der Waals surface area contributed by atoms with Gasteiger partial charge >= 0.3 is 0 Å². The van der Waals surface area contributed by atoms with Crippen molar-refractivity contribution in [1.82, 2.24) is 0 Å². The Morgan fingerprint density at radius 2 is 1.28 bits per heavy atom. The lowest BCUT2D eigenvalue weighted by atomic mass is 10.0. The van der Waals surface area contributed by atoms with Gasteiger partial charge in [-0.3, -0.25) is 13.7 Å². The third kappa shape index (κ3) is 10.1. The van der Waals surface area contributed by atoms with E-state index in [9.17, 15) is 52.4 Å². The molecule has 320 valence electrons. The number of nitrogen functional groups attached to an aromatic ring is 1. The van der Waals surface area contributed by atoms with Crippen LogP contribution >= 0.6 is 0 Å². The first-order chi connectivity index (χ1) is 28.5. The van der Waals surface area contributed by atoms with Crippen LogP contribution in [0.5, 0.6) is 11.5 Å². The molecule has 0 aromatic heterocycles. The van der Waals surface area contributed by atoms with Gasteiger partial charge < -0.3 is 15.0 Å². The number of rotatable bonds is 14. The van der Waals surface area contributed by atoms with E-state index in [4.69, 9.17) is 14.2 Å². The Morgan fingerprint density at radius 3 is 1.85 bits per heavy atom. The summed E-state index contributed by atoms with van der Waals surface area (Å²) < 4.78 is 137. The van der Waals surface area contributed by atoms with Gasteiger partial charge in [-0.1, -0.05) is 13.0 Å². The number of nitrogens with two attached hydrogens (primary N) is 1. The van der Waals surface area contributed by atoms with Gasteiger partial charge in [0.2, 0.25) is 22.2 Å². The van der Waals surface area contributed by atoms with E-state index < -0.39 is 78.6 Å². The summed E-state index contributed by atoms with van der Waals surface area (Å²) in [7, 11) is -13.3. The molecule has 25 heteroatoms. The maximum Gasteiger partial charge on any atom is 0.296 e. The predicted octanol–water partition coefficient (Wildman–Crippen LogP) is 7.31. The van der Waals surface area contributed by atoms with E-state index in [2.05, 4.69) is 20.5 Å². The summed E-state index contributed by atoms with van der Waals surface area (Å²) in [6.07, 6.45) is 0. The summed E-state index contributed by atoms with van der Waals surface area (Å²) in [6.45, 7) is 3.32. The molecule has 0 fully saturated rings. The topological polar surface area (TPSA) is 315 Å². The Balaban J connectivity index is 1.28. The number of azo groups is 2. The number of benzene rings is 6. The second-order valence-electron chi connectivity index (χ2n) is 12.7. The van der Waals surface area contributed by atoms with Gasteiger partial charge in [0.25, 0.3) is 30.4 Å². The largest absolute Gasteiger partial charge is 0.505 e. The van der Waals surface area contributed by atoms with Crippen molar-refractivity contribution in [1.29, 1.82) is 0 Å². The number of aryl methyl sites for hydroxylation is 1. The zero-order chi connectivity index (χ0) is 44.6. The maximum absolute atomic E-state index is 13.3. The Labute approximate surface area is 352 Å². The monoisotopic (exact) mass is 932 g/mol. The quantitative estimate of drug-likeness (QED) is 0.0309. The van der Waals surface area contributed by atoms with Crippen LogP contribution < -0.4 is 15.0 Å². The Kier molecular flexibility index (Phi) is 12.7. The molecule has 20 nitrogen and oxygen atoms in total. The van der Waals surface area contributed by atoms with Gasteiger partial charge in [0, 0.05) is 12.4 Å². The van der Waals surface area contributed by atoms with Crippen molar-refractivity contribution in [3.05, 3.63) is 96.6 Å². The second kappa shape index (κ2) is 17.3. The fourth-order valence-corrected chi connectivity index (χ4v) is 8.62. The number of phenolic OH excluding ortho intramolecular Hbond substituents is 1. The normalized spacial score (nSPS) is 13.6. The lowest BCUT2D eigenvalue weighted by Gasteiger charge is -2.20. The Hall–Kier alpha value is -5.77. The minimum atomic E-state index is -5.01. The molecule has 0 heterocycles. The summed E-state index contributed by atoms with van der Waals surface area (Å²) in [5.74, 6) is -0.106. The first-order valence-electron chi connectivity index (χ1n) is 17.1. The van der Waals surface area contributed by atoms with Gasteiger partial charge in [-0.15, -0.1) is 10.2 Å². The van der Waals surface area contributed by atoms with Crippen LogP contribution in [0.25, 0.3) is 21.5 Å². The summed E-state index contributed by atoms with van der Waals surface area (Å²) in [5, 5.41) is 28.8. The molecule has 61 heavy (non-hydrogen) atoms. The van der Waals surface area contributed by atoms with Crippen molar-refractivity contribution in [2.75, 3.05) is 23.6 Å². The highest BCUT2D eigenvalue weighted by Crippen LogP contribution is 2.47. The Bertz CT molecular complexity index is 3180. The van der Waals surface area contributed by atoms with Gasteiger partial charge in [0.15, 0.2) is 5.75 Å². The van der Waals surface area contributed by atoms with Crippen LogP contribution in [0, 0.1) is 6.92 Å². The van der Waals surface area contributed by atoms with Crippen LogP contribution in [-0.2, 0) is 56.8 Å². The standard InChI is InChI=1S/C36H32N6O14S5/c1-4-57(44)55-25-9-5-23(6-10-25)38-40-34-20(2)15-22-18-31(61(52,53)54)35(36(43)32(22)33(34)37)41-39-24-7-11-26(12-8-24)58(45)56-42(3)30-19-28(60(49,50)51)17-21-16-27(59(46,47)48)13-14-29(21)30/h5-19,43H,4,37H2,1-3H3,(H,46,47,48)(H,49,50,51)(H,52,53,54). The minimum Gasteiger partial charge on any atom is -0.505 e. The van der Waals surface area contributed by atoms with Crippen LogP contribution in [0.1, 0.15) is 12.5 Å².